The topological polar surface area (TPSA) is 51.8 Å². The Morgan fingerprint density at radius 1 is 0.849 bits per heavy atom. The summed E-state index contributed by atoms with van der Waals surface area (Å²) in [5.74, 6) is 5.39. The first-order valence-corrected chi connectivity index (χ1v) is 24.3. The van der Waals surface area contributed by atoms with Gasteiger partial charge in [0.2, 0.25) is 11.7 Å². The van der Waals surface area contributed by atoms with E-state index < -0.39 is 38.3 Å². The molecule has 1 atom stereocenters. The number of halogens is 1. The number of rotatable bonds is 7. The molecule has 8 rings (SSSR count). The Balaban J connectivity index is 0.000000195. The molecule has 0 aliphatic rings. The number of pyridine rings is 3. The predicted octanol–water partition coefficient (Wildman–Crippen LogP) is 11.1. The van der Waals surface area contributed by atoms with Gasteiger partial charge in [0.15, 0.2) is 0 Å². The minimum atomic E-state index is -2.30. The Bertz CT molecular complexity index is 2720. The van der Waals surface area contributed by atoms with E-state index in [9.17, 15) is 5.76 Å². The normalized spacial score (nSPS) is 14.6. The Morgan fingerprint density at radius 3 is 2.34 bits per heavy atom. The quantitative estimate of drug-likeness (QED) is 0.0908. The molecule has 4 heterocycles. The number of fused-ring (bicyclic) bond motifs is 3. The minimum absolute atomic E-state index is 0. The standard InChI is InChI=1S/C23H14FN2O.C23H26GeN.Ir/c24-21-10-9-18-17-7-4-8-19(22(17)27-23(18)26-21)20-14-16(11-12-25-20)13-15-5-2-1-3-6-15;1-17-11-13-20(14-12-17)23-15-21(22(16-25-23)24(3,4)5)18(2)19-9-7-6-8-10-19;/h1-7,9-12,14H,13H2;6-13,15-16,18H,1-5H3;/q2*-1;/i13D2;1D3,18D;. The van der Waals surface area contributed by atoms with Gasteiger partial charge in [0.05, 0.1) is 5.58 Å². The predicted molar refractivity (Wildman–Crippen MR) is 213 cm³/mol. The smallest absolute Gasteiger partial charge is 0.218 e. The van der Waals surface area contributed by atoms with Crippen molar-refractivity contribution in [2.45, 2.75) is 43.3 Å². The van der Waals surface area contributed by atoms with Crippen LogP contribution in [0.1, 0.15) is 48.9 Å². The zero-order chi connectivity index (χ0) is 41.5. The number of aromatic nitrogens is 3. The molecule has 0 spiro atoms. The molecule has 0 bridgehead atoms. The second-order valence-electron chi connectivity index (χ2n) is 13.5. The van der Waals surface area contributed by atoms with Crippen LogP contribution in [0.2, 0.25) is 17.3 Å². The Hall–Kier alpha value is -4.75. The maximum atomic E-state index is 13.5. The summed E-state index contributed by atoms with van der Waals surface area (Å²) in [6.45, 7) is -0.218. The van der Waals surface area contributed by atoms with Crippen LogP contribution < -0.4 is 4.40 Å². The molecule has 8 aromatic rings. The van der Waals surface area contributed by atoms with Crippen molar-refractivity contribution < 1.29 is 37.1 Å². The van der Waals surface area contributed by atoms with Crippen LogP contribution in [0.3, 0.4) is 0 Å². The number of furan rings is 1. The molecule has 1 unspecified atom stereocenters. The second kappa shape index (κ2) is 16.5. The monoisotopic (exact) mass is 942 g/mol. The Morgan fingerprint density at radius 2 is 1.62 bits per heavy atom. The van der Waals surface area contributed by atoms with E-state index in [4.69, 9.17) is 11.3 Å². The van der Waals surface area contributed by atoms with Gasteiger partial charge in [-0.1, -0.05) is 47.3 Å². The number of hydrogen-bond donors (Lipinski definition) is 0. The van der Waals surface area contributed by atoms with Crippen molar-refractivity contribution in [3.63, 3.8) is 0 Å². The van der Waals surface area contributed by atoms with Crippen molar-refractivity contribution >= 4 is 39.7 Å². The van der Waals surface area contributed by atoms with Gasteiger partial charge in [-0.15, -0.1) is 18.2 Å². The van der Waals surface area contributed by atoms with E-state index in [0.717, 1.165) is 22.1 Å². The molecule has 0 saturated carbocycles. The van der Waals surface area contributed by atoms with Crippen molar-refractivity contribution in [3.8, 4) is 22.5 Å². The number of nitrogens with zero attached hydrogens (tertiary/aromatic N) is 3. The molecule has 0 aliphatic carbocycles. The summed E-state index contributed by atoms with van der Waals surface area (Å²) in [6.07, 6.45) is 1.80. The maximum Gasteiger partial charge on any atom is 0.218 e. The summed E-state index contributed by atoms with van der Waals surface area (Å²) in [5.41, 5.74) is 6.43. The molecule has 7 heteroatoms. The summed E-state index contributed by atoms with van der Waals surface area (Å²) < 4.78 is 69.5. The molecular weight excluding hydrogens is 894 g/mol. The van der Waals surface area contributed by atoms with E-state index in [1.165, 1.54) is 16.5 Å². The van der Waals surface area contributed by atoms with E-state index in [2.05, 4.69) is 44.4 Å². The molecule has 53 heavy (non-hydrogen) atoms. The van der Waals surface area contributed by atoms with Crippen LogP contribution in [0.4, 0.5) is 4.39 Å². The van der Waals surface area contributed by atoms with E-state index in [1.54, 1.807) is 54.7 Å². The first-order chi connectivity index (χ1) is 27.4. The van der Waals surface area contributed by atoms with E-state index >= 15 is 0 Å². The fourth-order valence-corrected chi connectivity index (χ4v) is 9.25. The average Bonchev–Trinajstić information content (AvgIpc) is 3.59. The summed E-state index contributed by atoms with van der Waals surface area (Å²) in [7, 11) is 0. The van der Waals surface area contributed by atoms with Crippen molar-refractivity contribution in [2.24, 2.45) is 0 Å². The average molecular weight is 941 g/mol. The summed E-state index contributed by atoms with van der Waals surface area (Å²) in [4.78, 5) is 12.9. The Kier molecular flexibility index (Phi) is 9.56. The number of aryl methyl sites for hydroxylation is 1. The SMILES string of the molecule is [2H]C([2H])([2H])c1c[c-]c(-c2cc(C([2H])(C)c3ccccc3)[c]([Ge]([CH3])([CH3])[CH3])cn2)cc1.[2H]C([2H])(c1ccccc1)c1ccnc(-c2[c-]ccc3c2oc2nc(F)ccc23)c1.[Ir]. The van der Waals surface area contributed by atoms with Gasteiger partial charge in [-0.3, -0.25) is 0 Å². The molecule has 4 aromatic carbocycles. The van der Waals surface area contributed by atoms with Gasteiger partial charge in [-0.05, 0) is 41.4 Å². The molecule has 267 valence electrons. The molecule has 4 aromatic heterocycles. The van der Waals surface area contributed by atoms with Crippen LogP contribution in [0.15, 0.2) is 138 Å². The van der Waals surface area contributed by atoms with Crippen LogP contribution in [0.25, 0.3) is 44.6 Å². The van der Waals surface area contributed by atoms with E-state index in [1.807, 2.05) is 73.8 Å². The van der Waals surface area contributed by atoms with Crippen LogP contribution in [0, 0.1) is 24.9 Å². The Labute approximate surface area is 335 Å². The zero-order valence-electron chi connectivity index (χ0n) is 35.7. The van der Waals surface area contributed by atoms with Gasteiger partial charge in [-0.25, -0.2) is 0 Å². The second-order valence-corrected chi connectivity index (χ2v) is 24.0. The first kappa shape index (κ1) is 30.7. The molecule has 0 fully saturated rings. The number of benzene rings is 4. The minimum Gasteiger partial charge on any atom is -0.486 e. The van der Waals surface area contributed by atoms with Gasteiger partial charge in [0.25, 0.3) is 0 Å². The fraction of sp³-hybridized carbons (Fsp3) is 0.152. The largest absolute Gasteiger partial charge is 0.486 e. The van der Waals surface area contributed by atoms with Crippen LogP contribution in [-0.2, 0) is 26.5 Å². The fourth-order valence-electron chi connectivity index (χ4n) is 6.06. The van der Waals surface area contributed by atoms with Gasteiger partial charge in [0.1, 0.15) is 0 Å². The molecule has 1 radical (unpaired) electrons. The van der Waals surface area contributed by atoms with Gasteiger partial charge < -0.3 is 9.40 Å². The van der Waals surface area contributed by atoms with Crippen molar-refractivity contribution in [1.29, 1.82) is 0 Å². The summed E-state index contributed by atoms with van der Waals surface area (Å²) in [6, 6.07) is 41.7. The third-order valence-electron chi connectivity index (χ3n) is 8.75. The van der Waals surface area contributed by atoms with Gasteiger partial charge in [-0.2, -0.15) is 9.37 Å². The van der Waals surface area contributed by atoms with Crippen molar-refractivity contribution in [1.82, 2.24) is 15.0 Å². The van der Waals surface area contributed by atoms with Crippen molar-refractivity contribution in [2.75, 3.05) is 0 Å². The third-order valence-corrected chi connectivity index (χ3v) is 13.0. The van der Waals surface area contributed by atoms with Crippen LogP contribution >= 0.6 is 0 Å². The van der Waals surface area contributed by atoms with Crippen LogP contribution in [0.5, 0.6) is 0 Å². The molecule has 4 nitrogen and oxygen atoms in total. The first-order valence-electron chi connectivity index (χ1n) is 20.0. The van der Waals surface area contributed by atoms with E-state index in [0.29, 0.717) is 39.0 Å². The van der Waals surface area contributed by atoms with Gasteiger partial charge in [0, 0.05) is 34.4 Å². The molecular formula is C46H40FGeIrN3O-2. The summed E-state index contributed by atoms with van der Waals surface area (Å²) >= 11 is -2.30. The molecule has 0 N–H and O–H groups in total. The maximum absolute atomic E-state index is 13.5. The summed E-state index contributed by atoms with van der Waals surface area (Å²) in [5, 5.41) is 1.48. The van der Waals surface area contributed by atoms with Crippen LogP contribution in [-0.4, -0.2) is 28.2 Å². The zero-order valence-corrected chi connectivity index (χ0v) is 34.2. The molecule has 0 saturated heterocycles. The van der Waals surface area contributed by atoms with Gasteiger partial charge >= 0.3 is 160 Å². The molecule has 0 amide bonds. The van der Waals surface area contributed by atoms with Crippen molar-refractivity contribution in [3.05, 3.63) is 180 Å². The molecule has 0 aliphatic heterocycles. The third kappa shape index (κ3) is 8.73. The van der Waals surface area contributed by atoms with E-state index in [-0.39, 0.29) is 31.4 Å². The number of hydrogen-bond acceptors (Lipinski definition) is 4.